The van der Waals surface area contributed by atoms with Crippen molar-refractivity contribution in [2.75, 3.05) is 5.32 Å². The lowest BCUT2D eigenvalue weighted by Gasteiger charge is -2.07. The Morgan fingerprint density at radius 1 is 1.44 bits per heavy atom. The number of amides is 1. The van der Waals surface area contributed by atoms with Crippen LogP contribution in [0.2, 0.25) is 0 Å². The molecular formula is C12H12N4O2. The predicted octanol–water partition coefficient (Wildman–Crippen LogP) is 1.31. The summed E-state index contributed by atoms with van der Waals surface area (Å²) in [7, 11) is 0. The summed E-state index contributed by atoms with van der Waals surface area (Å²) in [4.78, 5) is 15.6. The molecule has 0 aliphatic carbocycles. The maximum Gasteiger partial charge on any atom is 0.232 e. The number of carbonyl (C=O) groups excluding carboxylic acids is 1. The molecule has 0 aliphatic rings. The Balaban J connectivity index is 2.24. The lowest BCUT2D eigenvalue weighted by atomic mass is 10.1. The Kier molecular flexibility index (Phi) is 3.38. The molecule has 1 aromatic carbocycles. The standard InChI is InChI=1S/C12H12N4O2/c13-11(16-18)6-12(17)15-10-3-1-2-8-7-14-5-4-9(8)10/h1-5,7,18H,6H2,(H2,13,16)(H,15,17). The zero-order chi connectivity index (χ0) is 13.0. The minimum atomic E-state index is -0.338. The summed E-state index contributed by atoms with van der Waals surface area (Å²) in [5.74, 6) is -0.469. The normalized spacial score (nSPS) is 11.4. The number of anilines is 1. The highest BCUT2D eigenvalue weighted by Gasteiger charge is 2.07. The number of pyridine rings is 1. The Hall–Kier alpha value is -2.63. The third kappa shape index (κ3) is 2.54. The van der Waals surface area contributed by atoms with Gasteiger partial charge in [-0.3, -0.25) is 9.78 Å². The molecule has 1 amide bonds. The van der Waals surface area contributed by atoms with Crippen LogP contribution in [0.5, 0.6) is 0 Å². The van der Waals surface area contributed by atoms with E-state index in [1.54, 1.807) is 18.5 Å². The van der Waals surface area contributed by atoms with Crippen LogP contribution in [0.25, 0.3) is 10.8 Å². The third-order valence-corrected chi connectivity index (χ3v) is 2.42. The van der Waals surface area contributed by atoms with Gasteiger partial charge in [-0.25, -0.2) is 0 Å². The summed E-state index contributed by atoms with van der Waals surface area (Å²) in [5, 5.41) is 15.7. The maximum atomic E-state index is 11.6. The van der Waals surface area contributed by atoms with Crippen molar-refractivity contribution in [3.8, 4) is 0 Å². The van der Waals surface area contributed by atoms with Crippen molar-refractivity contribution in [3.05, 3.63) is 36.7 Å². The molecule has 6 heteroatoms. The van der Waals surface area contributed by atoms with Gasteiger partial charge in [0.25, 0.3) is 0 Å². The SMILES string of the molecule is N/C(CC(=O)Nc1cccc2cnccc12)=N\O. The van der Waals surface area contributed by atoms with Gasteiger partial charge in [0.15, 0.2) is 0 Å². The molecule has 0 fully saturated rings. The number of benzene rings is 1. The Bertz CT molecular complexity index is 605. The minimum Gasteiger partial charge on any atom is -0.409 e. The number of carbonyl (C=O) groups is 1. The number of hydrogen-bond donors (Lipinski definition) is 3. The maximum absolute atomic E-state index is 11.6. The molecule has 0 aliphatic heterocycles. The molecule has 0 radical (unpaired) electrons. The Labute approximate surface area is 103 Å². The van der Waals surface area contributed by atoms with E-state index in [0.717, 1.165) is 10.8 Å². The Morgan fingerprint density at radius 2 is 2.28 bits per heavy atom. The second kappa shape index (κ2) is 5.13. The van der Waals surface area contributed by atoms with Gasteiger partial charge in [0.2, 0.25) is 5.91 Å². The lowest BCUT2D eigenvalue weighted by molar-refractivity contribution is -0.115. The molecule has 2 aromatic rings. The average Bonchev–Trinajstić information content (AvgIpc) is 2.39. The molecule has 0 unspecified atom stereocenters. The topological polar surface area (TPSA) is 101 Å². The van der Waals surface area contributed by atoms with Gasteiger partial charge in [0.05, 0.1) is 6.42 Å². The van der Waals surface area contributed by atoms with E-state index in [2.05, 4.69) is 15.5 Å². The second-order valence-corrected chi connectivity index (χ2v) is 3.72. The van der Waals surface area contributed by atoms with Gasteiger partial charge < -0.3 is 16.3 Å². The number of oxime groups is 1. The number of aromatic nitrogens is 1. The van der Waals surface area contributed by atoms with Gasteiger partial charge in [0, 0.05) is 28.9 Å². The summed E-state index contributed by atoms with van der Waals surface area (Å²) in [6.45, 7) is 0. The first-order chi connectivity index (χ1) is 8.70. The lowest BCUT2D eigenvalue weighted by Crippen LogP contribution is -2.22. The van der Waals surface area contributed by atoms with Crippen molar-refractivity contribution in [1.82, 2.24) is 4.98 Å². The van der Waals surface area contributed by atoms with Crippen molar-refractivity contribution in [3.63, 3.8) is 0 Å². The molecule has 1 aromatic heterocycles. The summed E-state index contributed by atoms with van der Waals surface area (Å²) < 4.78 is 0. The van der Waals surface area contributed by atoms with E-state index in [9.17, 15) is 4.79 Å². The first-order valence-electron chi connectivity index (χ1n) is 5.29. The summed E-state index contributed by atoms with van der Waals surface area (Å²) in [5.41, 5.74) is 5.94. The molecule has 4 N–H and O–H groups in total. The molecule has 1 heterocycles. The highest BCUT2D eigenvalue weighted by atomic mass is 16.4. The van der Waals surface area contributed by atoms with Crippen LogP contribution in [0, 0.1) is 0 Å². The number of rotatable bonds is 3. The first-order valence-corrected chi connectivity index (χ1v) is 5.29. The van der Waals surface area contributed by atoms with Crippen LogP contribution in [0.4, 0.5) is 5.69 Å². The monoisotopic (exact) mass is 244 g/mol. The van der Waals surface area contributed by atoms with Gasteiger partial charge >= 0.3 is 0 Å². The van der Waals surface area contributed by atoms with E-state index in [-0.39, 0.29) is 18.2 Å². The molecule has 0 saturated heterocycles. The average molecular weight is 244 g/mol. The zero-order valence-corrected chi connectivity index (χ0v) is 9.50. The van der Waals surface area contributed by atoms with E-state index < -0.39 is 0 Å². The van der Waals surface area contributed by atoms with Crippen molar-refractivity contribution in [2.24, 2.45) is 10.9 Å². The molecule has 0 atom stereocenters. The van der Waals surface area contributed by atoms with E-state index in [0.29, 0.717) is 5.69 Å². The third-order valence-electron chi connectivity index (χ3n) is 2.42. The van der Waals surface area contributed by atoms with Crippen molar-refractivity contribution >= 4 is 28.2 Å². The van der Waals surface area contributed by atoms with Gasteiger partial charge in [-0.2, -0.15) is 0 Å². The molecule has 92 valence electrons. The van der Waals surface area contributed by atoms with Crippen LogP contribution < -0.4 is 11.1 Å². The highest BCUT2D eigenvalue weighted by molar-refractivity contribution is 6.08. The minimum absolute atomic E-state index is 0.130. The molecular weight excluding hydrogens is 232 g/mol. The number of nitrogens with one attached hydrogen (secondary N) is 1. The van der Waals surface area contributed by atoms with Crippen LogP contribution in [-0.2, 0) is 4.79 Å². The van der Waals surface area contributed by atoms with Gasteiger partial charge in [-0.15, -0.1) is 0 Å². The Morgan fingerprint density at radius 3 is 3.06 bits per heavy atom. The van der Waals surface area contributed by atoms with Crippen LogP contribution in [-0.4, -0.2) is 21.9 Å². The second-order valence-electron chi connectivity index (χ2n) is 3.72. The van der Waals surface area contributed by atoms with Crippen LogP contribution in [0.1, 0.15) is 6.42 Å². The number of nitrogens with two attached hydrogens (primary N) is 1. The molecule has 6 nitrogen and oxygen atoms in total. The molecule has 0 spiro atoms. The smallest absolute Gasteiger partial charge is 0.232 e. The summed E-state index contributed by atoms with van der Waals surface area (Å²) in [6.07, 6.45) is 3.22. The molecule has 0 bridgehead atoms. The van der Waals surface area contributed by atoms with Crippen molar-refractivity contribution < 1.29 is 10.0 Å². The molecule has 0 saturated carbocycles. The van der Waals surface area contributed by atoms with Crippen LogP contribution >= 0.6 is 0 Å². The fourth-order valence-electron chi connectivity index (χ4n) is 1.63. The quantitative estimate of drug-likeness (QED) is 0.328. The van der Waals surface area contributed by atoms with Gasteiger partial charge in [-0.1, -0.05) is 17.3 Å². The largest absolute Gasteiger partial charge is 0.409 e. The fourth-order valence-corrected chi connectivity index (χ4v) is 1.63. The van der Waals surface area contributed by atoms with E-state index in [4.69, 9.17) is 10.9 Å². The molecule has 2 rings (SSSR count). The van der Waals surface area contributed by atoms with E-state index in [1.165, 1.54) is 0 Å². The highest BCUT2D eigenvalue weighted by Crippen LogP contribution is 2.22. The molecule has 18 heavy (non-hydrogen) atoms. The van der Waals surface area contributed by atoms with Crippen molar-refractivity contribution in [2.45, 2.75) is 6.42 Å². The number of hydrogen-bond acceptors (Lipinski definition) is 4. The number of amidine groups is 1. The van der Waals surface area contributed by atoms with Gasteiger partial charge in [-0.05, 0) is 12.1 Å². The van der Waals surface area contributed by atoms with Gasteiger partial charge in [0.1, 0.15) is 5.84 Å². The predicted molar refractivity (Wildman–Crippen MR) is 68.4 cm³/mol. The van der Waals surface area contributed by atoms with E-state index in [1.807, 2.05) is 18.2 Å². The number of fused-ring (bicyclic) bond motifs is 1. The van der Waals surface area contributed by atoms with Crippen molar-refractivity contribution in [1.29, 1.82) is 0 Å². The van der Waals surface area contributed by atoms with Crippen LogP contribution in [0.3, 0.4) is 0 Å². The zero-order valence-electron chi connectivity index (χ0n) is 9.50. The summed E-state index contributed by atoms with van der Waals surface area (Å²) >= 11 is 0. The van der Waals surface area contributed by atoms with Crippen LogP contribution in [0.15, 0.2) is 41.8 Å². The fraction of sp³-hybridized carbons (Fsp3) is 0.0833. The number of nitrogens with zero attached hydrogens (tertiary/aromatic N) is 2. The first kappa shape index (κ1) is 11.8. The van der Waals surface area contributed by atoms with E-state index >= 15 is 0 Å². The summed E-state index contributed by atoms with van der Waals surface area (Å²) in [6, 6.07) is 7.32.